The average molecular weight is 260 g/mol. The maximum Gasteiger partial charge on any atom is 0.497 e. The average Bonchev–Trinajstić information content (AvgIpc) is 2.21. The van der Waals surface area contributed by atoms with Gasteiger partial charge in [0.2, 0.25) is 0 Å². The minimum Gasteiger partial charge on any atom is -0.390 e. The van der Waals surface area contributed by atoms with E-state index in [1.54, 1.807) is 0 Å². The number of alkyl halides is 3. The molecule has 0 saturated carbocycles. The van der Waals surface area contributed by atoms with E-state index in [0.717, 1.165) is 0 Å². The number of hydrogen-bond donors (Lipinski definition) is 1. The fraction of sp³-hybridized carbons (Fsp3) is 1.00. The topological polar surface area (TPSA) is 38.7 Å². The lowest BCUT2D eigenvalue weighted by atomic mass is 10.1. The third-order valence-corrected chi connectivity index (χ3v) is 4.60. The second-order valence-electron chi connectivity index (χ2n) is 3.65. The van der Waals surface area contributed by atoms with Gasteiger partial charge in [-0.25, -0.2) is 0 Å². The number of hydrogen-bond acceptors (Lipinski definition) is 3. The third-order valence-electron chi connectivity index (χ3n) is 2.34. The first-order valence-corrected chi connectivity index (χ1v) is 7.19. The summed E-state index contributed by atoms with van der Waals surface area (Å²) in [4.78, 5) is 9.63. The third kappa shape index (κ3) is 8.09. The van der Waals surface area contributed by atoms with E-state index in [4.69, 9.17) is 8.85 Å². The first kappa shape index (κ1) is 15.9. The Kier molecular flexibility index (Phi) is 7.21. The Labute approximate surface area is 94.9 Å². The second kappa shape index (κ2) is 7.26. The van der Waals surface area contributed by atoms with Gasteiger partial charge in [0, 0.05) is 26.7 Å². The van der Waals surface area contributed by atoms with E-state index in [2.05, 4.69) is 0 Å². The molecule has 0 aromatic rings. The molecule has 0 heterocycles. The molecule has 0 fully saturated rings. The number of rotatable bonds is 8. The molecule has 3 nitrogen and oxygen atoms in total. The molecule has 0 saturated heterocycles. The van der Waals surface area contributed by atoms with Crippen LogP contribution in [0.1, 0.15) is 32.1 Å². The Morgan fingerprint density at radius 3 is 1.94 bits per heavy atom. The highest BCUT2D eigenvalue weighted by molar-refractivity contribution is 6.59. The summed E-state index contributed by atoms with van der Waals surface area (Å²) < 4.78 is 45.1. The van der Waals surface area contributed by atoms with Gasteiger partial charge in [-0.05, 0) is 12.8 Å². The monoisotopic (exact) mass is 260 g/mol. The molecule has 16 heavy (non-hydrogen) atoms. The highest BCUT2D eigenvalue weighted by atomic mass is 28.4. The number of halogens is 3. The summed E-state index contributed by atoms with van der Waals surface area (Å²) >= 11 is 0. The molecule has 0 aromatic heterocycles. The van der Waals surface area contributed by atoms with Crippen molar-refractivity contribution < 1.29 is 26.8 Å². The van der Waals surface area contributed by atoms with Crippen molar-refractivity contribution in [2.45, 2.75) is 44.3 Å². The van der Waals surface area contributed by atoms with Crippen molar-refractivity contribution in [2.75, 3.05) is 14.2 Å². The van der Waals surface area contributed by atoms with E-state index in [1.807, 2.05) is 0 Å². The van der Waals surface area contributed by atoms with E-state index in [9.17, 15) is 18.0 Å². The molecule has 1 N–H and O–H groups in total. The van der Waals surface area contributed by atoms with Gasteiger partial charge in [0.1, 0.15) is 0 Å². The van der Waals surface area contributed by atoms with Gasteiger partial charge >= 0.3 is 15.0 Å². The van der Waals surface area contributed by atoms with E-state index < -0.39 is 21.4 Å². The Hall–Kier alpha value is -0.113. The highest BCUT2D eigenvalue weighted by Crippen LogP contribution is 2.23. The van der Waals surface area contributed by atoms with Crippen LogP contribution in [0.3, 0.4) is 0 Å². The van der Waals surface area contributed by atoms with Crippen molar-refractivity contribution in [3.63, 3.8) is 0 Å². The minimum absolute atomic E-state index is 0.142. The molecule has 0 unspecified atom stereocenters. The molecule has 0 spiro atoms. The second-order valence-corrected chi connectivity index (χ2v) is 6.39. The quantitative estimate of drug-likeness (QED) is 0.538. The van der Waals surface area contributed by atoms with Crippen LogP contribution >= 0.6 is 0 Å². The van der Waals surface area contributed by atoms with Crippen LogP contribution in [0.2, 0.25) is 6.04 Å². The van der Waals surface area contributed by atoms with E-state index >= 15 is 0 Å². The highest BCUT2D eigenvalue weighted by Gasteiger charge is 2.33. The fourth-order valence-electron chi connectivity index (χ4n) is 1.31. The molecule has 7 heteroatoms. The Bertz CT molecular complexity index is 183. The Balaban J connectivity index is 3.47. The molecular weight excluding hydrogens is 241 g/mol. The van der Waals surface area contributed by atoms with Gasteiger partial charge in [-0.3, -0.25) is 0 Å². The zero-order valence-corrected chi connectivity index (χ0v) is 10.6. The van der Waals surface area contributed by atoms with Gasteiger partial charge < -0.3 is 13.6 Å². The zero-order valence-electron chi connectivity index (χ0n) is 9.64. The van der Waals surface area contributed by atoms with Crippen molar-refractivity contribution >= 4 is 8.80 Å². The van der Waals surface area contributed by atoms with Crippen LogP contribution in [0.25, 0.3) is 0 Å². The molecule has 0 amide bonds. The molecule has 0 bridgehead atoms. The van der Waals surface area contributed by atoms with Crippen molar-refractivity contribution in [3.05, 3.63) is 0 Å². The maximum absolute atomic E-state index is 11.8. The van der Waals surface area contributed by atoms with Gasteiger partial charge in [-0.15, -0.1) is 0 Å². The van der Waals surface area contributed by atoms with Crippen LogP contribution in [0, 0.1) is 0 Å². The molecule has 0 aliphatic heterocycles. The van der Waals surface area contributed by atoms with Gasteiger partial charge in [-0.1, -0.05) is 12.8 Å². The Morgan fingerprint density at radius 2 is 1.50 bits per heavy atom. The summed E-state index contributed by atoms with van der Waals surface area (Å²) in [5.74, 6) is 0. The summed E-state index contributed by atoms with van der Waals surface area (Å²) in [6.07, 6.45) is -2.86. The van der Waals surface area contributed by atoms with Gasteiger partial charge in [0.05, 0.1) is 0 Å². The van der Waals surface area contributed by atoms with Gasteiger partial charge in [0.15, 0.2) is 0 Å². The van der Waals surface area contributed by atoms with Gasteiger partial charge in [0.25, 0.3) is 0 Å². The van der Waals surface area contributed by atoms with Gasteiger partial charge in [-0.2, -0.15) is 13.2 Å². The van der Waals surface area contributed by atoms with Crippen LogP contribution in [0.4, 0.5) is 13.2 Å². The summed E-state index contributed by atoms with van der Waals surface area (Å²) in [6.45, 7) is 0. The van der Waals surface area contributed by atoms with Crippen LogP contribution in [-0.2, 0) is 8.85 Å². The zero-order chi connectivity index (χ0) is 12.7. The van der Waals surface area contributed by atoms with Crippen LogP contribution in [0.15, 0.2) is 0 Å². The van der Waals surface area contributed by atoms with Crippen molar-refractivity contribution in [3.8, 4) is 0 Å². The minimum atomic E-state index is -4.06. The van der Waals surface area contributed by atoms with Crippen molar-refractivity contribution in [2.24, 2.45) is 0 Å². The lowest BCUT2D eigenvalue weighted by Crippen LogP contribution is -2.39. The smallest absolute Gasteiger partial charge is 0.390 e. The van der Waals surface area contributed by atoms with Crippen LogP contribution in [-0.4, -0.2) is 34.0 Å². The molecule has 0 aromatic carbocycles. The standard InChI is InChI=1S/C9H19F3O3Si/c1-14-16(13,15-2)8-6-4-3-5-7-9(10,11)12/h13H,3-8H2,1-2H3. The fourth-order valence-corrected chi connectivity index (χ4v) is 2.59. The largest absolute Gasteiger partial charge is 0.497 e. The molecule has 0 aliphatic carbocycles. The van der Waals surface area contributed by atoms with Crippen LogP contribution < -0.4 is 0 Å². The summed E-state index contributed by atoms with van der Waals surface area (Å²) in [5.41, 5.74) is 0. The normalized spacial score (nSPS) is 13.1. The van der Waals surface area contributed by atoms with Crippen molar-refractivity contribution in [1.82, 2.24) is 0 Å². The summed E-state index contributed by atoms with van der Waals surface area (Å²) in [7, 11) is -0.268. The lowest BCUT2D eigenvalue weighted by molar-refractivity contribution is -0.135. The molecule has 0 atom stereocenters. The molecule has 0 rings (SSSR count). The number of unbranched alkanes of at least 4 members (excludes halogenated alkanes) is 3. The summed E-state index contributed by atoms with van der Waals surface area (Å²) in [5, 5.41) is 0. The molecular formula is C9H19F3O3Si. The first-order valence-electron chi connectivity index (χ1n) is 5.22. The first-order chi connectivity index (χ1) is 7.33. The predicted octanol–water partition coefficient (Wildman–Crippen LogP) is 2.72. The maximum atomic E-state index is 11.8. The predicted molar refractivity (Wildman–Crippen MR) is 55.9 cm³/mol. The molecule has 0 radical (unpaired) electrons. The molecule has 98 valence electrons. The SMILES string of the molecule is CO[Si](O)(CCCCCCC(F)(F)F)OC. The Morgan fingerprint density at radius 1 is 1.00 bits per heavy atom. The van der Waals surface area contributed by atoms with Crippen LogP contribution in [0.5, 0.6) is 0 Å². The molecule has 0 aliphatic rings. The summed E-state index contributed by atoms with van der Waals surface area (Å²) in [6, 6.07) is 0.395. The van der Waals surface area contributed by atoms with E-state index in [-0.39, 0.29) is 6.42 Å². The lowest BCUT2D eigenvalue weighted by Gasteiger charge is -2.19. The van der Waals surface area contributed by atoms with Crippen molar-refractivity contribution in [1.29, 1.82) is 0 Å². The van der Waals surface area contributed by atoms with E-state index in [0.29, 0.717) is 25.3 Å². The van der Waals surface area contributed by atoms with E-state index in [1.165, 1.54) is 14.2 Å².